The van der Waals surface area contributed by atoms with E-state index in [-0.39, 0.29) is 5.75 Å². The van der Waals surface area contributed by atoms with Crippen LogP contribution >= 0.6 is 0 Å². The van der Waals surface area contributed by atoms with Crippen LogP contribution in [-0.4, -0.2) is 23.5 Å². The molecular formula is C13H14FN3O2. The van der Waals surface area contributed by atoms with Crippen LogP contribution in [0.3, 0.4) is 0 Å². The largest absolute Gasteiger partial charge is 0.494 e. The van der Waals surface area contributed by atoms with Gasteiger partial charge in [0.2, 0.25) is 0 Å². The van der Waals surface area contributed by atoms with Crippen LogP contribution in [0.2, 0.25) is 0 Å². The second kappa shape index (κ2) is 4.55. The minimum Gasteiger partial charge on any atom is -0.494 e. The Balaban J connectivity index is 2.09. The lowest BCUT2D eigenvalue weighted by Crippen LogP contribution is -2.13. The van der Waals surface area contributed by atoms with E-state index in [0.717, 1.165) is 11.3 Å². The molecule has 0 amide bonds. The second-order valence-corrected chi connectivity index (χ2v) is 4.34. The predicted octanol–water partition coefficient (Wildman–Crippen LogP) is 1.67. The van der Waals surface area contributed by atoms with Gasteiger partial charge < -0.3 is 15.2 Å². The van der Waals surface area contributed by atoms with E-state index in [1.165, 1.54) is 13.2 Å². The first-order valence-corrected chi connectivity index (χ1v) is 5.98. The van der Waals surface area contributed by atoms with Crippen LogP contribution in [0.1, 0.15) is 11.3 Å². The Labute approximate surface area is 109 Å². The van der Waals surface area contributed by atoms with Crippen molar-refractivity contribution >= 4 is 5.82 Å². The molecule has 0 fully saturated rings. The molecule has 0 unspecified atom stereocenters. The lowest BCUT2D eigenvalue weighted by atomic mass is 10.1. The third-order valence-corrected chi connectivity index (χ3v) is 3.23. The molecule has 1 aromatic carbocycles. The lowest BCUT2D eigenvalue weighted by molar-refractivity contribution is 0.110. The van der Waals surface area contributed by atoms with Gasteiger partial charge in [-0.1, -0.05) is 0 Å². The highest BCUT2D eigenvalue weighted by Gasteiger charge is 2.21. The first-order valence-electron chi connectivity index (χ1n) is 5.98. The first-order chi connectivity index (χ1) is 9.20. The molecule has 1 aliphatic heterocycles. The second-order valence-electron chi connectivity index (χ2n) is 4.34. The zero-order valence-electron chi connectivity index (χ0n) is 10.5. The summed E-state index contributed by atoms with van der Waals surface area (Å²) in [6.07, 6.45) is 0.715. The number of methoxy groups -OCH3 is 1. The van der Waals surface area contributed by atoms with Crippen LogP contribution < -0.4 is 10.5 Å². The molecule has 0 bridgehead atoms. The number of anilines is 1. The van der Waals surface area contributed by atoms with Gasteiger partial charge in [-0.2, -0.15) is 5.10 Å². The number of nitrogen functional groups attached to an aromatic ring is 1. The zero-order valence-corrected chi connectivity index (χ0v) is 10.5. The van der Waals surface area contributed by atoms with Crippen LogP contribution in [0.15, 0.2) is 18.2 Å². The Bertz CT molecular complexity index is 625. The van der Waals surface area contributed by atoms with Gasteiger partial charge in [-0.05, 0) is 12.1 Å². The summed E-state index contributed by atoms with van der Waals surface area (Å²) < 4.78 is 25.7. The quantitative estimate of drug-likeness (QED) is 0.895. The molecule has 0 radical (unpaired) electrons. The van der Waals surface area contributed by atoms with Gasteiger partial charge in [0.25, 0.3) is 0 Å². The molecule has 100 valence electrons. The monoisotopic (exact) mass is 263 g/mol. The van der Waals surface area contributed by atoms with E-state index in [1.807, 2.05) is 0 Å². The summed E-state index contributed by atoms with van der Waals surface area (Å²) >= 11 is 0. The normalized spacial score (nSPS) is 14.2. The number of benzene rings is 1. The molecule has 2 heterocycles. The van der Waals surface area contributed by atoms with Crippen LogP contribution in [-0.2, 0) is 17.8 Å². The van der Waals surface area contributed by atoms with E-state index >= 15 is 0 Å². The number of hydrogen-bond donors (Lipinski definition) is 1. The minimum atomic E-state index is -0.421. The summed E-state index contributed by atoms with van der Waals surface area (Å²) in [5.74, 6) is 0.224. The summed E-state index contributed by atoms with van der Waals surface area (Å²) in [5, 5.41) is 4.27. The zero-order chi connectivity index (χ0) is 13.4. The smallest absolute Gasteiger partial charge is 0.167 e. The number of fused-ring (bicyclic) bond motifs is 1. The fourth-order valence-corrected chi connectivity index (χ4v) is 2.26. The van der Waals surface area contributed by atoms with Gasteiger partial charge in [-0.25, -0.2) is 9.07 Å². The SMILES string of the molecule is COc1ccc(-n2nc(N)c3c2CCOC3)cc1F. The summed E-state index contributed by atoms with van der Waals surface area (Å²) in [6.45, 7) is 1.08. The molecule has 6 heteroatoms. The van der Waals surface area contributed by atoms with Gasteiger partial charge in [0, 0.05) is 18.1 Å². The molecule has 0 spiro atoms. The number of aromatic nitrogens is 2. The Morgan fingerprint density at radius 2 is 2.32 bits per heavy atom. The maximum absolute atomic E-state index is 13.8. The van der Waals surface area contributed by atoms with Gasteiger partial charge in [0.15, 0.2) is 17.4 Å². The van der Waals surface area contributed by atoms with Crippen LogP contribution in [0.4, 0.5) is 10.2 Å². The molecule has 0 saturated heterocycles. The minimum absolute atomic E-state index is 0.209. The van der Waals surface area contributed by atoms with E-state index < -0.39 is 5.82 Å². The highest BCUT2D eigenvalue weighted by Crippen LogP contribution is 2.27. The van der Waals surface area contributed by atoms with Crippen molar-refractivity contribution in [2.24, 2.45) is 0 Å². The van der Waals surface area contributed by atoms with Crippen molar-refractivity contribution in [1.82, 2.24) is 9.78 Å². The molecule has 1 aromatic heterocycles. The van der Waals surface area contributed by atoms with E-state index in [1.54, 1.807) is 16.8 Å². The van der Waals surface area contributed by atoms with Crippen LogP contribution in [0.5, 0.6) is 5.75 Å². The Morgan fingerprint density at radius 3 is 3.05 bits per heavy atom. The Morgan fingerprint density at radius 1 is 1.47 bits per heavy atom. The predicted molar refractivity (Wildman–Crippen MR) is 67.8 cm³/mol. The topological polar surface area (TPSA) is 62.3 Å². The molecular weight excluding hydrogens is 249 g/mol. The van der Waals surface area contributed by atoms with E-state index in [0.29, 0.717) is 31.1 Å². The van der Waals surface area contributed by atoms with Crippen molar-refractivity contribution in [3.05, 3.63) is 35.3 Å². The summed E-state index contributed by atoms with van der Waals surface area (Å²) in [6, 6.07) is 4.72. The highest BCUT2D eigenvalue weighted by molar-refractivity contribution is 5.48. The van der Waals surface area contributed by atoms with Crippen molar-refractivity contribution in [1.29, 1.82) is 0 Å². The summed E-state index contributed by atoms with van der Waals surface area (Å²) in [7, 11) is 1.43. The third kappa shape index (κ3) is 1.94. The first kappa shape index (κ1) is 12.0. The van der Waals surface area contributed by atoms with Crippen LogP contribution in [0, 0.1) is 5.82 Å². The van der Waals surface area contributed by atoms with Gasteiger partial charge in [-0.3, -0.25) is 0 Å². The van der Waals surface area contributed by atoms with Crippen molar-refractivity contribution in [3.8, 4) is 11.4 Å². The number of rotatable bonds is 2. The van der Waals surface area contributed by atoms with Crippen LogP contribution in [0.25, 0.3) is 5.69 Å². The summed E-state index contributed by atoms with van der Waals surface area (Å²) in [5.41, 5.74) is 8.37. The van der Waals surface area contributed by atoms with Gasteiger partial charge in [-0.15, -0.1) is 0 Å². The number of nitrogens with zero attached hydrogens (tertiary/aromatic N) is 2. The molecule has 19 heavy (non-hydrogen) atoms. The Hall–Kier alpha value is -2.08. The van der Waals surface area contributed by atoms with Gasteiger partial charge in [0.05, 0.1) is 31.7 Å². The molecule has 2 N–H and O–H groups in total. The van der Waals surface area contributed by atoms with Crippen molar-refractivity contribution in [2.75, 3.05) is 19.5 Å². The molecule has 1 aliphatic rings. The van der Waals surface area contributed by atoms with Crippen molar-refractivity contribution in [3.63, 3.8) is 0 Å². The lowest BCUT2D eigenvalue weighted by Gasteiger charge is -2.15. The number of ether oxygens (including phenoxy) is 2. The third-order valence-electron chi connectivity index (χ3n) is 3.23. The molecule has 2 aromatic rings. The highest BCUT2D eigenvalue weighted by atomic mass is 19.1. The van der Waals surface area contributed by atoms with Gasteiger partial charge >= 0.3 is 0 Å². The number of nitrogens with two attached hydrogens (primary N) is 1. The van der Waals surface area contributed by atoms with E-state index in [9.17, 15) is 4.39 Å². The average molecular weight is 263 g/mol. The maximum Gasteiger partial charge on any atom is 0.167 e. The molecule has 0 aliphatic carbocycles. The Kier molecular flexibility index (Phi) is 2.87. The van der Waals surface area contributed by atoms with Gasteiger partial charge in [0.1, 0.15) is 0 Å². The fraction of sp³-hybridized carbons (Fsp3) is 0.308. The molecule has 3 rings (SSSR count). The summed E-state index contributed by atoms with van der Waals surface area (Å²) in [4.78, 5) is 0. The number of hydrogen-bond acceptors (Lipinski definition) is 4. The average Bonchev–Trinajstić information content (AvgIpc) is 2.77. The maximum atomic E-state index is 13.8. The van der Waals surface area contributed by atoms with E-state index in [2.05, 4.69) is 5.10 Å². The molecule has 0 atom stereocenters. The number of halogens is 1. The standard InChI is InChI=1S/C13H14FN3O2/c1-18-12-3-2-8(6-10(12)14)17-11-4-5-19-7-9(11)13(15)16-17/h2-3,6H,4-5,7H2,1H3,(H2,15,16). The van der Waals surface area contributed by atoms with Crippen molar-refractivity contribution in [2.45, 2.75) is 13.0 Å². The molecule has 5 nitrogen and oxygen atoms in total. The van der Waals surface area contributed by atoms with E-state index in [4.69, 9.17) is 15.2 Å². The van der Waals surface area contributed by atoms with Crippen molar-refractivity contribution < 1.29 is 13.9 Å². The fourth-order valence-electron chi connectivity index (χ4n) is 2.26. The molecule has 0 saturated carbocycles.